The zero-order valence-corrected chi connectivity index (χ0v) is 16.3. The second-order valence-corrected chi connectivity index (χ2v) is 7.36. The summed E-state index contributed by atoms with van der Waals surface area (Å²) in [4.78, 5) is 13.1. The lowest BCUT2D eigenvalue weighted by atomic mass is 10.3. The van der Waals surface area contributed by atoms with Crippen molar-refractivity contribution in [2.75, 3.05) is 17.7 Å². The average Bonchev–Trinajstić information content (AvgIpc) is 2.92. The number of carbonyl (C=O) groups is 1. The number of para-hydroxylation sites is 2. The van der Waals surface area contributed by atoms with E-state index in [9.17, 15) is 4.79 Å². The zero-order valence-electron chi connectivity index (χ0n) is 13.9. The quantitative estimate of drug-likeness (QED) is 0.575. The lowest BCUT2D eigenvalue weighted by molar-refractivity contribution is 0.103. The van der Waals surface area contributed by atoms with Crippen molar-refractivity contribution in [2.45, 2.75) is 6.92 Å². The van der Waals surface area contributed by atoms with Crippen molar-refractivity contribution in [2.24, 2.45) is 0 Å². The minimum Gasteiger partial charge on any atom is -0.492 e. The van der Waals surface area contributed by atoms with Gasteiger partial charge in [0.15, 0.2) is 3.95 Å². The van der Waals surface area contributed by atoms with Gasteiger partial charge in [-0.25, -0.2) is 0 Å². The Morgan fingerprint density at radius 2 is 1.96 bits per heavy atom. The molecular formula is C18H16ClN3O2S2. The zero-order chi connectivity index (χ0) is 18.7. The summed E-state index contributed by atoms with van der Waals surface area (Å²) in [6, 6.07) is 14.3. The van der Waals surface area contributed by atoms with Gasteiger partial charge in [0.25, 0.3) is 5.91 Å². The van der Waals surface area contributed by atoms with Crippen LogP contribution in [0.1, 0.15) is 16.6 Å². The number of halogens is 1. The van der Waals surface area contributed by atoms with E-state index < -0.39 is 0 Å². The van der Waals surface area contributed by atoms with Gasteiger partial charge in [0.2, 0.25) is 0 Å². The highest BCUT2D eigenvalue weighted by atomic mass is 35.5. The van der Waals surface area contributed by atoms with Gasteiger partial charge < -0.3 is 15.8 Å². The van der Waals surface area contributed by atoms with Crippen LogP contribution >= 0.6 is 35.2 Å². The number of anilines is 2. The summed E-state index contributed by atoms with van der Waals surface area (Å²) in [6.45, 7) is 2.38. The molecule has 0 fully saturated rings. The molecule has 0 unspecified atom stereocenters. The first-order valence-corrected chi connectivity index (χ1v) is 9.42. The number of nitrogen functional groups attached to an aromatic ring is 1. The molecule has 0 aliphatic rings. The molecule has 0 radical (unpaired) electrons. The van der Waals surface area contributed by atoms with Crippen LogP contribution in [0, 0.1) is 3.95 Å². The maximum Gasteiger partial charge on any atom is 0.269 e. The Balaban J connectivity index is 1.93. The molecule has 0 aliphatic carbocycles. The number of ether oxygens (including phenoxy) is 1. The lowest BCUT2D eigenvalue weighted by Crippen LogP contribution is -2.14. The van der Waals surface area contributed by atoms with E-state index in [1.54, 1.807) is 41.0 Å². The van der Waals surface area contributed by atoms with Crippen LogP contribution in [0.15, 0.2) is 48.5 Å². The number of hydrogen-bond acceptors (Lipinski definition) is 5. The molecule has 3 aromatic rings. The summed E-state index contributed by atoms with van der Waals surface area (Å²) in [7, 11) is 0. The Labute approximate surface area is 165 Å². The molecule has 5 nitrogen and oxygen atoms in total. The SMILES string of the molecule is CCOc1ccccc1NC(=O)c1sc(=S)n(-c2ccc(Cl)cc2)c1N. The molecule has 3 N–H and O–H groups in total. The summed E-state index contributed by atoms with van der Waals surface area (Å²) in [5.41, 5.74) is 7.54. The number of rotatable bonds is 5. The minimum atomic E-state index is -0.335. The van der Waals surface area contributed by atoms with Crippen molar-refractivity contribution in [3.05, 3.63) is 62.4 Å². The van der Waals surface area contributed by atoms with E-state index in [1.165, 1.54) is 0 Å². The number of thiazole rings is 1. The maximum atomic E-state index is 12.7. The number of nitrogens with zero attached hydrogens (tertiary/aromatic N) is 1. The van der Waals surface area contributed by atoms with Crippen molar-refractivity contribution in [1.29, 1.82) is 0 Å². The number of nitrogens with two attached hydrogens (primary N) is 1. The molecule has 0 saturated carbocycles. The Morgan fingerprint density at radius 1 is 1.27 bits per heavy atom. The highest BCUT2D eigenvalue weighted by molar-refractivity contribution is 7.73. The molecule has 2 aromatic carbocycles. The van der Waals surface area contributed by atoms with Gasteiger partial charge in [-0.3, -0.25) is 9.36 Å². The Kier molecular flexibility index (Phi) is 5.61. The fraction of sp³-hybridized carbons (Fsp3) is 0.111. The van der Waals surface area contributed by atoms with E-state index in [4.69, 9.17) is 34.3 Å². The minimum absolute atomic E-state index is 0.286. The van der Waals surface area contributed by atoms with Crippen molar-refractivity contribution in [1.82, 2.24) is 4.57 Å². The van der Waals surface area contributed by atoms with Gasteiger partial charge in [0, 0.05) is 10.7 Å². The number of carbonyl (C=O) groups excluding carboxylic acids is 1. The largest absolute Gasteiger partial charge is 0.492 e. The molecule has 8 heteroatoms. The molecular weight excluding hydrogens is 390 g/mol. The third-order valence-electron chi connectivity index (χ3n) is 3.57. The van der Waals surface area contributed by atoms with Crippen molar-refractivity contribution in [3.63, 3.8) is 0 Å². The molecule has 26 heavy (non-hydrogen) atoms. The van der Waals surface area contributed by atoms with Gasteiger partial charge in [-0.2, -0.15) is 0 Å². The molecule has 134 valence electrons. The normalized spacial score (nSPS) is 10.5. The number of hydrogen-bond donors (Lipinski definition) is 2. The van der Waals surface area contributed by atoms with E-state index in [0.29, 0.717) is 31.9 Å². The van der Waals surface area contributed by atoms with Crippen LogP contribution in [0.2, 0.25) is 5.02 Å². The van der Waals surface area contributed by atoms with Gasteiger partial charge in [0.05, 0.1) is 12.3 Å². The fourth-order valence-corrected chi connectivity index (χ4v) is 3.80. The third kappa shape index (κ3) is 3.75. The summed E-state index contributed by atoms with van der Waals surface area (Å²) in [6.07, 6.45) is 0. The Hall–Kier alpha value is -2.35. The first-order chi connectivity index (χ1) is 12.5. The first kappa shape index (κ1) is 18.4. The van der Waals surface area contributed by atoms with Gasteiger partial charge in [-0.1, -0.05) is 35.1 Å². The highest BCUT2D eigenvalue weighted by Gasteiger charge is 2.19. The number of nitrogens with one attached hydrogen (secondary N) is 1. The van der Waals surface area contributed by atoms with Crippen LogP contribution < -0.4 is 15.8 Å². The van der Waals surface area contributed by atoms with Crippen molar-refractivity contribution < 1.29 is 9.53 Å². The predicted octanol–water partition coefficient (Wildman–Crippen LogP) is 5.15. The summed E-state index contributed by atoms with van der Waals surface area (Å²) in [5.74, 6) is 0.551. The number of aromatic nitrogens is 1. The molecule has 1 amide bonds. The summed E-state index contributed by atoms with van der Waals surface area (Å²) >= 11 is 12.5. The molecule has 0 atom stereocenters. The van der Waals surface area contributed by atoms with E-state index in [-0.39, 0.29) is 11.7 Å². The van der Waals surface area contributed by atoms with Crippen molar-refractivity contribution in [3.8, 4) is 11.4 Å². The summed E-state index contributed by atoms with van der Waals surface area (Å²) in [5, 5.41) is 3.45. The maximum absolute atomic E-state index is 12.7. The van der Waals surface area contributed by atoms with Crippen LogP contribution in [0.4, 0.5) is 11.5 Å². The fourth-order valence-electron chi connectivity index (χ4n) is 2.41. The molecule has 1 aromatic heterocycles. The van der Waals surface area contributed by atoms with Crippen LogP contribution in [-0.2, 0) is 0 Å². The second kappa shape index (κ2) is 7.90. The molecule has 1 heterocycles. The van der Waals surface area contributed by atoms with Gasteiger partial charge >= 0.3 is 0 Å². The van der Waals surface area contributed by atoms with E-state index in [2.05, 4.69) is 5.32 Å². The molecule has 0 saturated heterocycles. The topological polar surface area (TPSA) is 69.3 Å². The molecule has 0 spiro atoms. The number of benzene rings is 2. The number of amides is 1. The van der Waals surface area contributed by atoms with E-state index in [1.807, 2.05) is 19.1 Å². The van der Waals surface area contributed by atoms with Gasteiger partial charge in [-0.15, -0.1) is 0 Å². The van der Waals surface area contributed by atoms with Crippen LogP contribution in [0.3, 0.4) is 0 Å². The van der Waals surface area contributed by atoms with Gasteiger partial charge in [0.1, 0.15) is 16.4 Å². The second-order valence-electron chi connectivity index (χ2n) is 5.28. The standard InChI is InChI=1S/C18H16ClN3O2S2/c1-2-24-14-6-4-3-5-13(14)21-17(23)15-16(20)22(18(25)26-15)12-9-7-11(19)8-10-12/h3-10H,2,20H2,1H3,(H,21,23). The average molecular weight is 406 g/mol. The van der Waals surface area contributed by atoms with Crippen LogP contribution in [0.5, 0.6) is 5.75 Å². The first-order valence-electron chi connectivity index (χ1n) is 7.81. The molecule has 3 rings (SSSR count). The lowest BCUT2D eigenvalue weighted by Gasteiger charge is -2.11. The Morgan fingerprint density at radius 3 is 2.65 bits per heavy atom. The van der Waals surface area contributed by atoms with Crippen LogP contribution in [0.25, 0.3) is 5.69 Å². The molecule has 0 aliphatic heterocycles. The highest BCUT2D eigenvalue weighted by Crippen LogP contribution is 2.29. The van der Waals surface area contributed by atoms with E-state index in [0.717, 1.165) is 17.0 Å². The predicted molar refractivity (Wildman–Crippen MR) is 109 cm³/mol. The van der Waals surface area contributed by atoms with Gasteiger partial charge in [-0.05, 0) is 55.5 Å². The van der Waals surface area contributed by atoms with E-state index >= 15 is 0 Å². The monoisotopic (exact) mass is 405 g/mol. The molecule has 0 bridgehead atoms. The van der Waals surface area contributed by atoms with Crippen LogP contribution in [-0.4, -0.2) is 17.1 Å². The Bertz CT molecular complexity index is 996. The van der Waals surface area contributed by atoms with Crippen molar-refractivity contribution >= 4 is 52.6 Å². The summed E-state index contributed by atoms with van der Waals surface area (Å²) < 4.78 is 7.66. The third-order valence-corrected chi connectivity index (χ3v) is 5.21. The smallest absolute Gasteiger partial charge is 0.269 e.